The summed E-state index contributed by atoms with van der Waals surface area (Å²) in [6, 6.07) is 8.33. The minimum atomic E-state index is 0.0857. The van der Waals surface area contributed by atoms with Crippen LogP contribution in [0, 0.1) is 16.6 Å². The number of aromatic nitrogens is 2. The lowest BCUT2D eigenvalue weighted by Crippen LogP contribution is -2.18. The van der Waals surface area contributed by atoms with Crippen LogP contribution in [-0.4, -0.2) is 36.5 Å². The molecule has 0 fully saturated rings. The third kappa shape index (κ3) is 5.55. The standard InChI is InChI=1S/C20H27BN6/c1-5-10-21(13-22)11-16-6-8-17(9-7-16)12-24-19-18(15(2)23)20(27(3)4)26-14-25-19/h6-9,14,23H,5,10-12H2,1-4H3,(H,24,25,26). The van der Waals surface area contributed by atoms with Crippen LogP contribution in [0.15, 0.2) is 30.6 Å². The molecule has 0 saturated heterocycles. The molecule has 0 radical (unpaired) electrons. The molecule has 0 saturated carbocycles. The molecule has 1 heterocycles. The molecule has 2 N–H and O–H groups in total. The Labute approximate surface area is 162 Å². The second-order valence-electron chi connectivity index (χ2n) is 6.93. The van der Waals surface area contributed by atoms with Gasteiger partial charge in [0.15, 0.2) is 0 Å². The van der Waals surface area contributed by atoms with Crippen LogP contribution in [0.3, 0.4) is 0 Å². The van der Waals surface area contributed by atoms with E-state index in [1.165, 1.54) is 11.9 Å². The molecule has 0 aliphatic carbocycles. The highest BCUT2D eigenvalue weighted by Gasteiger charge is 2.15. The summed E-state index contributed by atoms with van der Waals surface area (Å²) >= 11 is 0. The lowest BCUT2D eigenvalue weighted by molar-refractivity contribution is 1.01. The summed E-state index contributed by atoms with van der Waals surface area (Å²) in [5.41, 5.74) is 3.46. The van der Waals surface area contributed by atoms with Gasteiger partial charge in [0.1, 0.15) is 18.0 Å². The lowest BCUT2D eigenvalue weighted by Gasteiger charge is -2.18. The molecular weight excluding hydrogens is 335 g/mol. The zero-order valence-corrected chi connectivity index (χ0v) is 16.6. The van der Waals surface area contributed by atoms with Gasteiger partial charge in [-0.3, -0.25) is 0 Å². The monoisotopic (exact) mass is 362 g/mol. The van der Waals surface area contributed by atoms with Crippen LogP contribution < -0.4 is 10.2 Å². The molecule has 1 aromatic carbocycles. The Hall–Kier alpha value is -2.88. The molecule has 7 heteroatoms. The maximum Gasteiger partial charge on any atom is 0.272 e. The Balaban J connectivity index is 2.08. The number of nitrogens with zero attached hydrogens (tertiary/aromatic N) is 4. The van der Waals surface area contributed by atoms with Crippen LogP contribution in [0.5, 0.6) is 0 Å². The van der Waals surface area contributed by atoms with E-state index >= 15 is 0 Å². The van der Waals surface area contributed by atoms with Crippen LogP contribution in [0.25, 0.3) is 0 Å². The van der Waals surface area contributed by atoms with Gasteiger partial charge in [0.2, 0.25) is 0 Å². The molecule has 1 aromatic heterocycles. The predicted octanol–water partition coefficient (Wildman–Crippen LogP) is 3.59. The third-order valence-electron chi connectivity index (χ3n) is 4.41. The van der Waals surface area contributed by atoms with Gasteiger partial charge in [0.05, 0.1) is 5.56 Å². The van der Waals surface area contributed by atoms with E-state index in [-0.39, 0.29) is 6.71 Å². The molecule has 0 spiro atoms. The van der Waals surface area contributed by atoms with E-state index < -0.39 is 0 Å². The minimum absolute atomic E-state index is 0.0857. The van der Waals surface area contributed by atoms with Crippen molar-refractivity contribution < 1.29 is 0 Å². The second kappa shape index (κ2) is 9.72. The lowest BCUT2D eigenvalue weighted by atomic mass is 9.45. The van der Waals surface area contributed by atoms with Crippen LogP contribution in [0.4, 0.5) is 11.6 Å². The van der Waals surface area contributed by atoms with E-state index in [1.807, 2.05) is 19.0 Å². The fourth-order valence-corrected chi connectivity index (χ4v) is 3.02. The van der Waals surface area contributed by atoms with Crippen molar-refractivity contribution >= 4 is 24.1 Å². The Kier molecular flexibility index (Phi) is 7.36. The average molecular weight is 362 g/mol. The molecule has 0 bridgehead atoms. The zero-order chi connectivity index (χ0) is 19.8. The van der Waals surface area contributed by atoms with Gasteiger partial charge in [-0.1, -0.05) is 49.5 Å². The fraction of sp³-hybridized carbons (Fsp3) is 0.400. The Morgan fingerprint density at radius 1 is 1.22 bits per heavy atom. The summed E-state index contributed by atoms with van der Waals surface area (Å²) in [6.07, 6.45) is 4.28. The van der Waals surface area contributed by atoms with Gasteiger partial charge in [0, 0.05) is 32.3 Å². The molecule has 0 atom stereocenters. The smallest absolute Gasteiger partial charge is 0.272 e. The molecule has 2 rings (SSSR count). The number of hydrogen-bond acceptors (Lipinski definition) is 6. The van der Waals surface area contributed by atoms with Gasteiger partial charge in [-0.05, 0) is 18.8 Å². The van der Waals surface area contributed by atoms with Crippen molar-refractivity contribution in [2.45, 2.75) is 39.5 Å². The van der Waals surface area contributed by atoms with Crippen molar-refractivity contribution in [3.05, 3.63) is 47.3 Å². The Morgan fingerprint density at radius 2 is 1.89 bits per heavy atom. The van der Waals surface area contributed by atoms with Crippen molar-refractivity contribution in [1.29, 1.82) is 10.7 Å². The first-order valence-corrected chi connectivity index (χ1v) is 9.25. The van der Waals surface area contributed by atoms with E-state index in [0.29, 0.717) is 18.1 Å². The fourth-order valence-electron chi connectivity index (χ4n) is 3.02. The highest BCUT2D eigenvalue weighted by Crippen LogP contribution is 2.23. The van der Waals surface area contributed by atoms with E-state index in [9.17, 15) is 5.26 Å². The first-order chi connectivity index (χ1) is 13.0. The maximum atomic E-state index is 9.22. The molecule has 2 aromatic rings. The largest absolute Gasteiger partial charge is 0.365 e. The summed E-state index contributed by atoms with van der Waals surface area (Å²) in [4.78, 5) is 10.5. The van der Waals surface area contributed by atoms with Crippen molar-refractivity contribution in [2.75, 3.05) is 24.3 Å². The Morgan fingerprint density at radius 3 is 2.44 bits per heavy atom. The van der Waals surface area contributed by atoms with E-state index in [2.05, 4.69) is 52.4 Å². The molecule has 6 nitrogen and oxygen atoms in total. The second-order valence-corrected chi connectivity index (χ2v) is 6.93. The summed E-state index contributed by atoms with van der Waals surface area (Å²) in [5.74, 6) is 3.79. The number of nitriles is 1. The van der Waals surface area contributed by atoms with Crippen molar-refractivity contribution in [3.8, 4) is 5.97 Å². The van der Waals surface area contributed by atoms with E-state index in [1.54, 1.807) is 6.92 Å². The average Bonchev–Trinajstić information content (AvgIpc) is 2.66. The quantitative estimate of drug-likeness (QED) is 0.526. The molecule has 0 unspecified atom stereocenters. The van der Waals surface area contributed by atoms with Crippen LogP contribution >= 0.6 is 0 Å². The topological polar surface area (TPSA) is 88.7 Å². The first kappa shape index (κ1) is 20.4. The van der Waals surface area contributed by atoms with Crippen LogP contribution in [0.2, 0.25) is 6.32 Å². The van der Waals surface area contributed by atoms with Crippen molar-refractivity contribution in [1.82, 2.24) is 9.97 Å². The number of benzene rings is 1. The summed E-state index contributed by atoms with van der Waals surface area (Å²) < 4.78 is 0. The number of anilines is 2. The minimum Gasteiger partial charge on any atom is -0.365 e. The normalized spacial score (nSPS) is 10.2. The molecule has 0 aliphatic heterocycles. The van der Waals surface area contributed by atoms with Gasteiger partial charge in [-0.25, -0.2) is 15.2 Å². The Bertz CT molecular complexity index is 810. The van der Waals surface area contributed by atoms with Crippen molar-refractivity contribution in [2.24, 2.45) is 0 Å². The highest BCUT2D eigenvalue weighted by atomic mass is 15.2. The molecule has 0 aliphatic rings. The summed E-state index contributed by atoms with van der Waals surface area (Å²) in [6.45, 7) is 4.55. The number of rotatable bonds is 9. The summed E-state index contributed by atoms with van der Waals surface area (Å²) in [7, 11) is 3.81. The number of nitrogens with one attached hydrogen (secondary N) is 2. The van der Waals surface area contributed by atoms with Gasteiger partial charge >= 0.3 is 0 Å². The first-order valence-electron chi connectivity index (χ1n) is 9.25. The van der Waals surface area contributed by atoms with E-state index in [4.69, 9.17) is 5.41 Å². The predicted molar refractivity (Wildman–Crippen MR) is 113 cm³/mol. The van der Waals surface area contributed by atoms with Gasteiger partial charge in [-0.2, -0.15) is 0 Å². The third-order valence-corrected chi connectivity index (χ3v) is 4.41. The van der Waals surface area contributed by atoms with Gasteiger partial charge in [0.25, 0.3) is 6.71 Å². The molecule has 0 amide bonds. The molecule has 27 heavy (non-hydrogen) atoms. The van der Waals surface area contributed by atoms with Gasteiger partial charge < -0.3 is 15.6 Å². The zero-order valence-electron chi connectivity index (χ0n) is 16.6. The molecule has 140 valence electrons. The highest BCUT2D eigenvalue weighted by molar-refractivity contribution is 6.66. The summed E-state index contributed by atoms with van der Waals surface area (Å²) in [5, 5.41) is 20.6. The van der Waals surface area contributed by atoms with Crippen LogP contribution in [-0.2, 0) is 12.9 Å². The number of hydrogen-bond donors (Lipinski definition) is 2. The maximum absolute atomic E-state index is 9.22. The molecular formula is C20H27BN6. The SMILES string of the molecule is CCCB(C#N)Cc1ccc(CNc2ncnc(N(C)C)c2C(C)=N)cc1. The van der Waals surface area contributed by atoms with E-state index in [0.717, 1.165) is 36.0 Å². The van der Waals surface area contributed by atoms with Gasteiger partial charge in [-0.15, -0.1) is 0 Å². The van der Waals surface area contributed by atoms with Crippen LogP contribution in [0.1, 0.15) is 37.0 Å². The van der Waals surface area contributed by atoms with Crippen molar-refractivity contribution in [3.63, 3.8) is 0 Å².